The zero-order valence-electron chi connectivity index (χ0n) is 17.7. The molecule has 0 spiro atoms. The number of amides is 1. The summed E-state index contributed by atoms with van der Waals surface area (Å²) in [6, 6.07) is 7.34. The smallest absolute Gasteiger partial charge is 0.338 e. The topological polar surface area (TPSA) is 109 Å². The summed E-state index contributed by atoms with van der Waals surface area (Å²) in [5.41, 5.74) is 6.49. The Morgan fingerprint density at radius 2 is 1.87 bits per heavy atom. The lowest BCUT2D eigenvalue weighted by molar-refractivity contribution is 0.0695. The third-order valence-electron chi connectivity index (χ3n) is 6.09. The molecular formula is C23H30N4O3. The van der Waals surface area contributed by atoms with Crippen LogP contribution in [-0.2, 0) is 5.41 Å². The third-order valence-corrected chi connectivity index (χ3v) is 6.09. The molecule has 0 bridgehead atoms. The fourth-order valence-electron chi connectivity index (χ4n) is 4.44. The molecule has 1 aliphatic heterocycles. The third kappa shape index (κ3) is 4.67. The highest BCUT2D eigenvalue weighted by Gasteiger charge is 2.40. The normalized spacial score (nSPS) is 17.4. The van der Waals surface area contributed by atoms with E-state index in [0.29, 0.717) is 17.3 Å². The van der Waals surface area contributed by atoms with Gasteiger partial charge in [-0.3, -0.25) is 4.79 Å². The first-order valence-corrected chi connectivity index (χ1v) is 10.5. The predicted molar refractivity (Wildman–Crippen MR) is 114 cm³/mol. The van der Waals surface area contributed by atoms with Crippen LogP contribution in [0.25, 0.3) is 0 Å². The summed E-state index contributed by atoms with van der Waals surface area (Å²) in [6.45, 7) is 7.33. The van der Waals surface area contributed by atoms with E-state index in [1.165, 1.54) is 25.2 Å². The molecule has 1 aromatic carbocycles. The van der Waals surface area contributed by atoms with Crippen LogP contribution in [0.1, 0.15) is 71.6 Å². The van der Waals surface area contributed by atoms with Gasteiger partial charge in [0, 0.05) is 24.5 Å². The molecule has 7 nitrogen and oxygen atoms in total. The van der Waals surface area contributed by atoms with Crippen molar-refractivity contribution in [2.24, 2.45) is 11.7 Å². The predicted octanol–water partition coefficient (Wildman–Crippen LogP) is 3.09. The summed E-state index contributed by atoms with van der Waals surface area (Å²) in [7, 11) is 0. The van der Waals surface area contributed by atoms with Crippen molar-refractivity contribution in [1.82, 2.24) is 14.9 Å². The number of piperidine rings is 1. The minimum Gasteiger partial charge on any atom is -0.478 e. The van der Waals surface area contributed by atoms with E-state index in [0.717, 1.165) is 38.0 Å². The molecule has 1 saturated heterocycles. The number of nitrogens with zero attached hydrogens (tertiary/aromatic N) is 3. The highest BCUT2D eigenvalue weighted by Crippen LogP contribution is 2.40. The molecule has 1 fully saturated rings. The molecule has 1 unspecified atom stereocenters. The van der Waals surface area contributed by atoms with Gasteiger partial charge in [-0.2, -0.15) is 0 Å². The maximum absolute atomic E-state index is 11.7. The first-order valence-electron chi connectivity index (χ1n) is 10.5. The molecule has 1 aliphatic rings. The summed E-state index contributed by atoms with van der Waals surface area (Å²) < 4.78 is 0. The largest absolute Gasteiger partial charge is 0.478 e. The lowest BCUT2D eigenvalue weighted by atomic mass is 9.71. The van der Waals surface area contributed by atoms with Gasteiger partial charge in [0.25, 0.3) is 0 Å². The molecule has 1 amide bonds. The Labute approximate surface area is 177 Å². The van der Waals surface area contributed by atoms with Crippen LogP contribution in [0.2, 0.25) is 0 Å². The Balaban J connectivity index is 1.93. The van der Waals surface area contributed by atoms with E-state index in [2.05, 4.69) is 28.7 Å². The van der Waals surface area contributed by atoms with Crippen molar-refractivity contribution in [2.45, 2.75) is 44.9 Å². The molecule has 160 valence electrons. The van der Waals surface area contributed by atoms with E-state index < -0.39 is 17.3 Å². The van der Waals surface area contributed by atoms with Crippen molar-refractivity contribution in [3.63, 3.8) is 0 Å². The Morgan fingerprint density at radius 1 is 1.20 bits per heavy atom. The highest BCUT2D eigenvalue weighted by atomic mass is 16.4. The zero-order valence-corrected chi connectivity index (χ0v) is 17.7. The van der Waals surface area contributed by atoms with Crippen LogP contribution in [0.3, 0.4) is 0 Å². The van der Waals surface area contributed by atoms with E-state index in [-0.39, 0.29) is 5.56 Å². The van der Waals surface area contributed by atoms with Crippen LogP contribution in [0.15, 0.2) is 36.7 Å². The molecule has 7 heteroatoms. The molecule has 1 aromatic heterocycles. The zero-order chi connectivity index (χ0) is 21.7. The molecule has 2 aromatic rings. The maximum atomic E-state index is 11.7. The van der Waals surface area contributed by atoms with E-state index in [9.17, 15) is 14.7 Å². The van der Waals surface area contributed by atoms with E-state index in [1.54, 1.807) is 6.07 Å². The number of nitrogens with two attached hydrogens (primary N) is 1. The van der Waals surface area contributed by atoms with Gasteiger partial charge in [0.15, 0.2) is 0 Å². The lowest BCUT2D eigenvalue weighted by Gasteiger charge is -2.42. The van der Waals surface area contributed by atoms with E-state index in [1.807, 2.05) is 18.2 Å². The van der Waals surface area contributed by atoms with Gasteiger partial charge in [0.05, 0.1) is 11.0 Å². The molecule has 0 aliphatic carbocycles. The molecule has 3 rings (SSSR count). The number of primary amides is 1. The summed E-state index contributed by atoms with van der Waals surface area (Å²) in [5.74, 6) is -0.284. The van der Waals surface area contributed by atoms with Crippen LogP contribution in [0.5, 0.6) is 0 Å². The van der Waals surface area contributed by atoms with Crippen LogP contribution in [-0.4, -0.2) is 51.5 Å². The Hall–Kier alpha value is -2.80. The number of carbonyl (C=O) groups excluding carboxylic acids is 1. The first kappa shape index (κ1) is 21.9. The van der Waals surface area contributed by atoms with Gasteiger partial charge >= 0.3 is 5.97 Å². The van der Waals surface area contributed by atoms with Gasteiger partial charge in [-0.15, -0.1) is 0 Å². The molecule has 30 heavy (non-hydrogen) atoms. The number of likely N-dealkylation sites (tertiary alicyclic amines) is 1. The number of benzene rings is 1. The molecule has 0 saturated carbocycles. The maximum Gasteiger partial charge on any atom is 0.338 e. The monoisotopic (exact) mass is 410 g/mol. The second-order valence-electron chi connectivity index (χ2n) is 8.32. The number of rotatable bonds is 8. The number of carbonyl (C=O) groups is 2. The van der Waals surface area contributed by atoms with Gasteiger partial charge < -0.3 is 15.7 Å². The summed E-state index contributed by atoms with van der Waals surface area (Å²) in [5, 5.41) is 9.19. The number of carboxylic acid groups (broad SMARTS) is 1. The summed E-state index contributed by atoms with van der Waals surface area (Å²) in [4.78, 5) is 34.3. The van der Waals surface area contributed by atoms with Crippen LogP contribution in [0, 0.1) is 5.92 Å². The number of aromatic nitrogens is 2. The van der Waals surface area contributed by atoms with Gasteiger partial charge in [0.2, 0.25) is 5.91 Å². The molecule has 3 N–H and O–H groups in total. The van der Waals surface area contributed by atoms with E-state index in [4.69, 9.17) is 5.73 Å². The average molecular weight is 411 g/mol. The van der Waals surface area contributed by atoms with Crippen molar-refractivity contribution in [3.05, 3.63) is 59.2 Å². The molecule has 0 radical (unpaired) electrons. The van der Waals surface area contributed by atoms with Gasteiger partial charge in [-0.25, -0.2) is 14.8 Å². The lowest BCUT2D eigenvalue weighted by Crippen LogP contribution is -2.45. The number of aromatic carboxylic acids is 1. The number of hydrogen-bond donors (Lipinski definition) is 2. The first-order chi connectivity index (χ1) is 14.4. The van der Waals surface area contributed by atoms with Gasteiger partial charge in [-0.1, -0.05) is 32.4 Å². The minimum absolute atomic E-state index is 0.0608. The standard InChI is InChI=1S/C23H30N4O3/c1-3-5-16(2)15-27-10-8-23(9-11-27,19-7-4-6-17(12-19)20(24)28)22-25-13-18(14-26-22)21(29)30/h4,6-7,12-14,16H,3,5,8-11,15H2,1-2H3,(H2,24,28)(H,29,30). The SMILES string of the molecule is CCCC(C)CN1CCC(c2cccc(C(N)=O)c2)(c2ncc(C(=O)O)cn2)CC1. The second kappa shape index (κ2) is 9.34. The van der Waals surface area contributed by atoms with Gasteiger partial charge in [0.1, 0.15) is 5.82 Å². The highest BCUT2D eigenvalue weighted by molar-refractivity contribution is 5.93. The summed E-state index contributed by atoms with van der Waals surface area (Å²) in [6.07, 6.45) is 6.70. The second-order valence-corrected chi connectivity index (χ2v) is 8.32. The van der Waals surface area contributed by atoms with Crippen LogP contribution >= 0.6 is 0 Å². The quantitative estimate of drug-likeness (QED) is 0.692. The van der Waals surface area contributed by atoms with Crippen molar-refractivity contribution in [2.75, 3.05) is 19.6 Å². The Bertz CT molecular complexity index is 890. The fourth-order valence-corrected chi connectivity index (χ4v) is 4.44. The van der Waals surface area contributed by atoms with Crippen molar-refractivity contribution in [1.29, 1.82) is 0 Å². The molecule has 2 heterocycles. The number of carboxylic acids is 1. The van der Waals surface area contributed by atoms with Crippen molar-refractivity contribution in [3.8, 4) is 0 Å². The minimum atomic E-state index is -1.05. The van der Waals surface area contributed by atoms with Crippen molar-refractivity contribution >= 4 is 11.9 Å². The number of hydrogen-bond acceptors (Lipinski definition) is 5. The van der Waals surface area contributed by atoms with E-state index >= 15 is 0 Å². The Morgan fingerprint density at radius 3 is 2.43 bits per heavy atom. The Kier molecular flexibility index (Phi) is 6.82. The van der Waals surface area contributed by atoms with Gasteiger partial charge in [-0.05, 0) is 56.0 Å². The van der Waals surface area contributed by atoms with Crippen LogP contribution in [0.4, 0.5) is 0 Å². The molecular weight excluding hydrogens is 380 g/mol. The van der Waals surface area contributed by atoms with Crippen LogP contribution < -0.4 is 5.73 Å². The fraction of sp³-hybridized carbons (Fsp3) is 0.478. The molecule has 1 atom stereocenters. The van der Waals surface area contributed by atoms with Crippen molar-refractivity contribution < 1.29 is 14.7 Å². The average Bonchev–Trinajstić information content (AvgIpc) is 2.75. The summed E-state index contributed by atoms with van der Waals surface area (Å²) >= 11 is 0.